The topological polar surface area (TPSA) is 34.4 Å². The van der Waals surface area contributed by atoms with Crippen LogP contribution in [-0.4, -0.2) is 31.4 Å². The standard InChI is InChI=1S/C10H13BrN2O.ClH/c1-13(2)7-6-9(14)8-4-3-5-10(11)12-8;/h3-5H,6-7H2,1-2H3;1H. The normalized spacial score (nSPS) is 9.87. The molecule has 0 radical (unpaired) electrons. The van der Waals surface area contributed by atoms with Crippen LogP contribution >= 0.6 is 15.9 Å². The fourth-order valence-electron chi connectivity index (χ4n) is 1.06. The van der Waals surface area contributed by atoms with Crippen molar-refractivity contribution < 1.29 is 22.1 Å². The van der Waals surface area contributed by atoms with E-state index in [0.717, 1.165) is 6.54 Å². The van der Waals surface area contributed by atoms with Crippen molar-refractivity contribution in [2.75, 3.05) is 20.6 Å². The molecule has 0 saturated heterocycles. The van der Waals surface area contributed by atoms with Gasteiger partial charge in [0.1, 0.15) is 10.3 Å². The lowest BCUT2D eigenvalue weighted by molar-refractivity contribution is -0.857. The van der Waals surface area contributed by atoms with Crippen molar-refractivity contribution in [1.82, 2.24) is 4.98 Å². The summed E-state index contributed by atoms with van der Waals surface area (Å²) < 4.78 is 0.709. The van der Waals surface area contributed by atoms with E-state index in [1.807, 2.05) is 26.2 Å². The zero-order valence-electron chi connectivity index (χ0n) is 8.76. The maximum Gasteiger partial charge on any atom is 0.186 e. The minimum absolute atomic E-state index is 0. The molecular formula is C10H14BrClN2O. The summed E-state index contributed by atoms with van der Waals surface area (Å²) in [7, 11) is 4.06. The van der Waals surface area contributed by atoms with Crippen LogP contribution in [0.3, 0.4) is 0 Å². The van der Waals surface area contributed by atoms with Crippen molar-refractivity contribution >= 4 is 21.7 Å². The number of aromatic nitrogens is 1. The third-order valence-electron chi connectivity index (χ3n) is 1.85. The second-order valence-electron chi connectivity index (χ2n) is 3.48. The van der Waals surface area contributed by atoms with Crippen LogP contribution in [0, 0.1) is 0 Å². The number of carbonyl (C=O) groups excluding carboxylic acids is 1. The summed E-state index contributed by atoms with van der Waals surface area (Å²) in [5.41, 5.74) is 0.542. The number of Topliss-reactive ketones (excluding diaryl/α,β-unsaturated/α-hetero) is 1. The lowest BCUT2D eigenvalue weighted by Crippen LogP contribution is -3.05. The van der Waals surface area contributed by atoms with Gasteiger partial charge < -0.3 is 17.3 Å². The van der Waals surface area contributed by atoms with E-state index < -0.39 is 0 Å². The predicted octanol–water partition coefficient (Wildman–Crippen LogP) is -2.43. The molecular weight excluding hydrogens is 279 g/mol. The Morgan fingerprint density at radius 3 is 2.67 bits per heavy atom. The molecule has 1 rings (SSSR count). The highest BCUT2D eigenvalue weighted by Gasteiger charge is 2.08. The number of hydrogen-bond acceptors (Lipinski definition) is 2. The van der Waals surface area contributed by atoms with Gasteiger partial charge in [-0.1, -0.05) is 6.07 Å². The third kappa shape index (κ3) is 5.25. The van der Waals surface area contributed by atoms with Gasteiger partial charge in [-0.25, -0.2) is 4.98 Å². The quantitative estimate of drug-likeness (QED) is 0.495. The van der Waals surface area contributed by atoms with E-state index in [1.165, 1.54) is 4.90 Å². The van der Waals surface area contributed by atoms with E-state index in [0.29, 0.717) is 16.7 Å². The molecule has 0 saturated carbocycles. The highest BCUT2D eigenvalue weighted by atomic mass is 79.9. The van der Waals surface area contributed by atoms with Gasteiger partial charge in [-0.15, -0.1) is 0 Å². The molecule has 15 heavy (non-hydrogen) atoms. The van der Waals surface area contributed by atoms with Crippen molar-refractivity contribution in [1.29, 1.82) is 0 Å². The minimum atomic E-state index is 0. The first kappa shape index (κ1) is 14.6. The Labute approximate surface area is 104 Å². The van der Waals surface area contributed by atoms with Crippen LogP contribution in [0.4, 0.5) is 0 Å². The number of carbonyl (C=O) groups is 1. The first-order valence-corrected chi connectivity index (χ1v) is 5.33. The number of hydrogen-bond donors (Lipinski definition) is 1. The molecule has 84 valence electrons. The van der Waals surface area contributed by atoms with Crippen LogP contribution in [0.5, 0.6) is 0 Å². The molecule has 0 aliphatic rings. The monoisotopic (exact) mass is 292 g/mol. The minimum Gasteiger partial charge on any atom is -1.00 e. The first-order valence-electron chi connectivity index (χ1n) is 4.54. The number of quaternary nitrogens is 1. The Morgan fingerprint density at radius 1 is 1.47 bits per heavy atom. The van der Waals surface area contributed by atoms with Crippen LogP contribution in [0.1, 0.15) is 16.9 Å². The molecule has 1 N–H and O–H groups in total. The largest absolute Gasteiger partial charge is 1.00 e. The summed E-state index contributed by atoms with van der Waals surface area (Å²) in [5.74, 6) is 0.104. The smallest absolute Gasteiger partial charge is 0.186 e. The van der Waals surface area contributed by atoms with Gasteiger partial charge in [-0.3, -0.25) is 4.79 Å². The van der Waals surface area contributed by atoms with E-state index in [2.05, 4.69) is 20.9 Å². The number of pyridine rings is 1. The highest BCUT2D eigenvalue weighted by molar-refractivity contribution is 9.10. The predicted molar refractivity (Wildman–Crippen MR) is 58.6 cm³/mol. The summed E-state index contributed by atoms with van der Waals surface area (Å²) in [6, 6.07) is 5.39. The molecule has 1 aromatic heterocycles. The van der Waals surface area contributed by atoms with Crippen molar-refractivity contribution in [2.45, 2.75) is 6.42 Å². The van der Waals surface area contributed by atoms with Crippen LogP contribution in [-0.2, 0) is 0 Å². The molecule has 1 aromatic rings. The Hall–Kier alpha value is -0.450. The van der Waals surface area contributed by atoms with Crippen molar-refractivity contribution in [2.24, 2.45) is 0 Å². The van der Waals surface area contributed by atoms with Crippen molar-refractivity contribution in [3.8, 4) is 0 Å². The van der Waals surface area contributed by atoms with Crippen molar-refractivity contribution in [3.63, 3.8) is 0 Å². The van der Waals surface area contributed by atoms with Gasteiger partial charge in [0.25, 0.3) is 0 Å². The molecule has 0 aliphatic carbocycles. The molecule has 1 heterocycles. The fraction of sp³-hybridized carbons (Fsp3) is 0.400. The van der Waals surface area contributed by atoms with Gasteiger partial charge in [-0.2, -0.15) is 0 Å². The Morgan fingerprint density at radius 2 is 2.13 bits per heavy atom. The van der Waals surface area contributed by atoms with Gasteiger partial charge in [0.05, 0.1) is 27.1 Å². The lowest BCUT2D eigenvalue weighted by atomic mass is 10.2. The van der Waals surface area contributed by atoms with E-state index in [1.54, 1.807) is 6.07 Å². The molecule has 0 spiro atoms. The highest BCUT2D eigenvalue weighted by Crippen LogP contribution is 2.07. The molecule has 0 unspecified atom stereocenters. The number of nitrogens with zero attached hydrogens (tertiary/aromatic N) is 1. The van der Waals surface area contributed by atoms with Gasteiger partial charge in [0, 0.05) is 0 Å². The van der Waals surface area contributed by atoms with Crippen LogP contribution in [0.2, 0.25) is 0 Å². The van der Waals surface area contributed by atoms with E-state index in [4.69, 9.17) is 0 Å². The fourth-order valence-corrected chi connectivity index (χ4v) is 1.40. The number of rotatable bonds is 4. The van der Waals surface area contributed by atoms with E-state index in [-0.39, 0.29) is 18.2 Å². The molecule has 0 atom stereocenters. The van der Waals surface area contributed by atoms with Gasteiger partial charge in [-0.05, 0) is 28.1 Å². The average Bonchev–Trinajstić information content (AvgIpc) is 2.14. The molecule has 0 bridgehead atoms. The number of ketones is 1. The molecule has 0 amide bonds. The SMILES string of the molecule is C[NH+](C)CCC(=O)c1cccc(Br)n1.[Cl-]. The second-order valence-corrected chi connectivity index (χ2v) is 4.29. The zero-order chi connectivity index (χ0) is 10.6. The zero-order valence-corrected chi connectivity index (χ0v) is 11.1. The third-order valence-corrected chi connectivity index (χ3v) is 2.29. The van der Waals surface area contributed by atoms with E-state index in [9.17, 15) is 4.79 Å². The molecule has 0 fully saturated rings. The van der Waals surface area contributed by atoms with Crippen LogP contribution in [0.25, 0.3) is 0 Å². The summed E-state index contributed by atoms with van der Waals surface area (Å²) in [6.45, 7) is 0.840. The maximum atomic E-state index is 11.6. The molecule has 0 aromatic carbocycles. The molecule has 0 aliphatic heterocycles. The van der Waals surface area contributed by atoms with E-state index >= 15 is 0 Å². The van der Waals surface area contributed by atoms with Crippen LogP contribution < -0.4 is 17.3 Å². The average molecular weight is 294 g/mol. The summed E-state index contributed by atoms with van der Waals surface area (Å²) in [5, 5.41) is 0. The summed E-state index contributed by atoms with van der Waals surface area (Å²) in [4.78, 5) is 17.0. The first-order chi connectivity index (χ1) is 6.59. The number of nitrogens with one attached hydrogen (secondary N) is 1. The van der Waals surface area contributed by atoms with Gasteiger partial charge in [0.15, 0.2) is 5.78 Å². The second kappa shape index (κ2) is 6.93. The van der Waals surface area contributed by atoms with Crippen molar-refractivity contribution in [3.05, 3.63) is 28.5 Å². The van der Waals surface area contributed by atoms with Gasteiger partial charge >= 0.3 is 0 Å². The Balaban J connectivity index is 0.00000196. The lowest BCUT2D eigenvalue weighted by Gasteiger charge is -2.05. The Bertz CT molecular complexity index is 331. The Kier molecular flexibility index (Phi) is 6.72. The maximum absolute atomic E-state index is 11.6. The summed E-state index contributed by atoms with van der Waals surface area (Å²) in [6.07, 6.45) is 0.547. The van der Waals surface area contributed by atoms with Crippen LogP contribution in [0.15, 0.2) is 22.8 Å². The molecule has 5 heteroatoms. The van der Waals surface area contributed by atoms with Gasteiger partial charge in [0.2, 0.25) is 0 Å². The number of halogens is 2. The molecule has 3 nitrogen and oxygen atoms in total. The summed E-state index contributed by atoms with van der Waals surface area (Å²) >= 11 is 3.24.